The lowest BCUT2D eigenvalue weighted by Crippen LogP contribution is -2.49. The topological polar surface area (TPSA) is 58.1 Å². The van der Waals surface area contributed by atoms with Crippen LogP contribution in [0.3, 0.4) is 0 Å². The molecule has 0 atom stereocenters. The maximum Gasteiger partial charge on any atom is 0.191 e. The molecule has 2 aliphatic rings. The van der Waals surface area contributed by atoms with Crippen LogP contribution in [0.4, 0.5) is 0 Å². The first-order valence-corrected chi connectivity index (χ1v) is 11.1. The van der Waals surface area contributed by atoms with Gasteiger partial charge >= 0.3 is 0 Å². The fourth-order valence-electron chi connectivity index (χ4n) is 4.39. The van der Waals surface area contributed by atoms with Crippen molar-refractivity contribution < 1.29 is 9.47 Å². The van der Waals surface area contributed by atoms with Gasteiger partial charge < -0.3 is 25.0 Å². The van der Waals surface area contributed by atoms with Gasteiger partial charge in [-0.3, -0.25) is 4.99 Å². The maximum atomic E-state index is 6.34. The summed E-state index contributed by atoms with van der Waals surface area (Å²) >= 11 is 6.34. The summed E-state index contributed by atoms with van der Waals surface area (Å²) in [6, 6.07) is 5.88. The van der Waals surface area contributed by atoms with Crippen LogP contribution in [0, 0.1) is 0 Å². The number of rotatable bonds is 7. The quantitative estimate of drug-likeness (QED) is 0.522. The van der Waals surface area contributed by atoms with Gasteiger partial charge in [0.25, 0.3) is 0 Å². The number of methoxy groups -OCH3 is 1. The molecule has 2 aliphatic heterocycles. The number of likely N-dealkylation sites (tertiary alicyclic amines) is 1. The molecule has 2 N–H and O–H groups in total. The highest BCUT2D eigenvalue weighted by Gasteiger charge is 2.37. The third kappa shape index (κ3) is 6.00. The summed E-state index contributed by atoms with van der Waals surface area (Å²) in [6.07, 6.45) is 5.84. The highest BCUT2D eigenvalue weighted by Crippen LogP contribution is 2.40. The van der Waals surface area contributed by atoms with E-state index in [-0.39, 0.29) is 5.41 Å². The fourth-order valence-corrected chi connectivity index (χ4v) is 4.56. The normalized spacial score (nSPS) is 20.3. The monoisotopic (exact) mass is 422 g/mol. The number of ether oxygens (including phenoxy) is 2. The van der Waals surface area contributed by atoms with Crippen molar-refractivity contribution in [2.45, 2.75) is 37.5 Å². The van der Waals surface area contributed by atoms with E-state index in [0.29, 0.717) is 0 Å². The number of aliphatic imine (C=N–C) groups is 1. The van der Waals surface area contributed by atoms with Gasteiger partial charge in [-0.05, 0) is 57.0 Å². The second-order valence-corrected chi connectivity index (χ2v) is 8.43. The van der Waals surface area contributed by atoms with E-state index in [2.05, 4.69) is 20.5 Å². The Kier molecular flexibility index (Phi) is 8.45. The summed E-state index contributed by atoms with van der Waals surface area (Å²) in [6.45, 7) is 6.61. The van der Waals surface area contributed by atoms with E-state index in [1.54, 1.807) is 7.11 Å². The van der Waals surface area contributed by atoms with E-state index in [1.807, 2.05) is 25.2 Å². The molecule has 2 heterocycles. The molecule has 0 aromatic heterocycles. The van der Waals surface area contributed by atoms with Crippen LogP contribution in [0.15, 0.2) is 23.2 Å². The largest absolute Gasteiger partial charge is 0.496 e. The van der Waals surface area contributed by atoms with Crippen LogP contribution >= 0.6 is 11.6 Å². The van der Waals surface area contributed by atoms with Crippen LogP contribution in [-0.4, -0.2) is 71.0 Å². The van der Waals surface area contributed by atoms with Crippen molar-refractivity contribution in [3.05, 3.63) is 28.8 Å². The summed E-state index contributed by atoms with van der Waals surface area (Å²) in [5.74, 6) is 1.72. The van der Waals surface area contributed by atoms with Gasteiger partial charge in [-0.2, -0.15) is 0 Å². The van der Waals surface area contributed by atoms with Gasteiger partial charge in [-0.15, -0.1) is 0 Å². The Labute approximate surface area is 180 Å². The van der Waals surface area contributed by atoms with Crippen molar-refractivity contribution in [1.82, 2.24) is 15.5 Å². The number of nitrogens with zero attached hydrogens (tertiary/aromatic N) is 2. The molecule has 0 aliphatic carbocycles. The Morgan fingerprint density at radius 1 is 1.21 bits per heavy atom. The summed E-state index contributed by atoms with van der Waals surface area (Å²) in [5, 5.41) is 7.76. The smallest absolute Gasteiger partial charge is 0.191 e. The lowest BCUT2D eigenvalue weighted by Gasteiger charge is -2.39. The second kappa shape index (κ2) is 11.0. The van der Waals surface area contributed by atoms with Crippen LogP contribution in [0.2, 0.25) is 5.02 Å². The molecule has 29 heavy (non-hydrogen) atoms. The lowest BCUT2D eigenvalue weighted by atomic mass is 9.73. The minimum Gasteiger partial charge on any atom is -0.496 e. The number of benzene rings is 1. The molecule has 1 aromatic carbocycles. The van der Waals surface area contributed by atoms with Crippen molar-refractivity contribution >= 4 is 17.6 Å². The molecule has 0 bridgehead atoms. The van der Waals surface area contributed by atoms with Gasteiger partial charge in [0.15, 0.2) is 5.96 Å². The predicted octanol–water partition coefficient (Wildman–Crippen LogP) is 3.05. The number of piperidine rings is 1. The zero-order valence-electron chi connectivity index (χ0n) is 17.8. The summed E-state index contributed by atoms with van der Waals surface area (Å²) in [4.78, 5) is 6.96. The number of hydrogen-bond donors (Lipinski definition) is 2. The minimum absolute atomic E-state index is 0.0982. The Hall–Kier alpha value is -1.50. The average Bonchev–Trinajstić information content (AvgIpc) is 2.77. The molecule has 0 radical (unpaired) electrons. The van der Waals surface area contributed by atoms with Gasteiger partial charge in [0.05, 0.1) is 7.11 Å². The summed E-state index contributed by atoms with van der Waals surface area (Å²) < 4.78 is 11.3. The van der Waals surface area contributed by atoms with Crippen molar-refractivity contribution in [2.75, 3.05) is 60.1 Å². The molecular formula is C22H35ClN4O2. The molecule has 2 saturated heterocycles. The molecule has 6 nitrogen and oxygen atoms in total. The van der Waals surface area contributed by atoms with E-state index in [9.17, 15) is 0 Å². The number of hydrogen-bond acceptors (Lipinski definition) is 4. The van der Waals surface area contributed by atoms with Crippen LogP contribution in [0.1, 0.15) is 37.7 Å². The third-order valence-electron chi connectivity index (χ3n) is 6.17. The lowest BCUT2D eigenvalue weighted by molar-refractivity contribution is 0.0505. The van der Waals surface area contributed by atoms with Crippen LogP contribution in [0.25, 0.3) is 0 Å². The molecule has 0 saturated carbocycles. The molecular weight excluding hydrogens is 388 g/mol. The van der Waals surface area contributed by atoms with Crippen molar-refractivity contribution in [2.24, 2.45) is 4.99 Å². The first kappa shape index (κ1) is 22.2. The molecule has 1 aromatic rings. The molecule has 0 unspecified atom stereocenters. The van der Waals surface area contributed by atoms with Gasteiger partial charge in [0.1, 0.15) is 5.75 Å². The fraction of sp³-hybridized carbons (Fsp3) is 0.682. The van der Waals surface area contributed by atoms with Gasteiger partial charge in [0, 0.05) is 55.9 Å². The third-order valence-corrected chi connectivity index (χ3v) is 6.40. The van der Waals surface area contributed by atoms with Crippen LogP contribution < -0.4 is 15.4 Å². The number of guanidine groups is 1. The molecule has 162 valence electrons. The Balaban J connectivity index is 1.63. The van der Waals surface area contributed by atoms with Gasteiger partial charge in [-0.1, -0.05) is 18.0 Å². The van der Waals surface area contributed by atoms with Crippen LogP contribution in [-0.2, 0) is 10.2 Å². The average molecular weight is 423 g/mol. The highest BCUT2D eigenvalue weighted by molar-refractivity contribution is 6.30. The number of nitrogens with one attached hydrogen (secondary N) is 2. The molecule has 2 fully saturated rings. The van der Waals surface area contributed by atoms with Gasteiger partial charge in [-0.25, -0.2) is 0 Å². The molecule has 0 amide bonds. The zero-order valence-corrected chi connectivity index (χ0v) is 18.6. The summed E-state index contributed by atoms with van der Waals surface area (Å²) in [7, 11) is 3.54. The van der Waals surface area contributed by atoms with E-state index < -0.39 is 0 Å². The van der Waals surface area contributed by atoms with Crippen molar-refractivity contribution in [3.63, 3.8) is 0 Å². The standard InChI is InChI=1S/C22H35ClN4O2/c1-24-21(25-10-13-27-11-4-3-5-12-27)26-17-22(8-14-29-15-9-22)19-16-18(23)6-7-20(19)28-2/h6-7,16H,3-5,8-15,17H2,1-2H3,(H2,24,25,26). The summed E-state index contributed by atoms with van der Waals surface area (Å²) in [5.41, 5.74) is 1.05. The SMILES string of the molecule is CN=C(NCCN1CCCCC1)NCC1(c2cc(Cl)ccc2OC)CCOCC1. The second-order valence-electron chi connectivity index (χ2n) is 7.99. The van der Waals surface area contributed by atoms with Crippen LogP contribution in [0.5, 0.6) is 5.75 Å². The Morgan fingerprint density at radius 2 is 1.97 bits per heavy atom. The van der Waals surface area contributed by atoms with E-state index in [0.717, 1.165) is 68.0 Å². The zero-order chi connectivity index (χ0) is 20.5. The van der Waals surface area contributed by atoms with E-state index >= 15 is 0 Å². The molecule has 7 heteroatoms. The molecule has 0 spiro atoms. The molecule has 3 rings (SSSR count). The number of halogens is 1. The van der Waals surface area contributed by atoms with Gasteiger partial charge in [0.2, 0.25) is 0 Å². The first-order valence-electron chi connectivity index (χ1n) is 10.8. The van der Waals surface area contributed by atoms with Crippen molar-refractivity contribution in [3.8, 4) is 5.75 Å². The Bertz CT molecular complexity index is 671. The highest BCUT2D eigenvalue weighted by atomic mass is 35.5. The van der Waals surface area contributed by atoms with E-state index in [1.165, 1.54) is 32.4 Å². The predicted molar refractivity (Wildman–Crippen MR) is 119 cm³/mol. The first-order chi connectivity index (χ1) is 14.2. The Morgan fingerprint density at radius 3 is 2.66 bits per heavy atom. The van der Waals surface area contributed by atoms with E-state index in [4.69, 9.17) is 21.1 Å². The van der Waals surface area contributed by atoms with Crippen molar-refractivity contribution in [1.29, 1.82) is 0 Å². The maximum absolute atomic E-state index is 6.34. The minimum atomic E-state index is -0.0982.